The standard InChI is InChI=1S/C31H42N2O3/c1-25(2)11-13-30(17-32)14-12-28(6)22(18(30)16-25)19(34)15-21-27(28,5)10-9-20-26(3,4)23(35)31(33-8)24(36-31)29(20,21)7/h18,20-22,24H,9-16H2,1-7H3/t18-,20-,21-,22-,24+,27+,28+,29-,30+,31-/m0/s1. The zero-order valence-corrected chi connectivity index (χ0v) is 23.2. The van der Waals surface area contributed by atoms with Gasteiger partial charge in [0.05, 0.1) is 11.5 Å². The fourth-order valence-electron chi connectivity index (χ4n) is 11.3. The fourth-order valence-corrected chi connectivity index (χ4v) is 11.3. The summed E-state index contributed by atoms with van der Waals surface area (Å²) in [6.07, 6.45) is 6.67. The maximum Gasteiger partial charge on any atom is 0.424 e. The first kappa shape index (κ1) is 24.6. The third-order valence-corrected chi connectivity index (χ3v) is 13.5. The Kier molecular flexibility index (Phi) is 4.54. The average molecular weight is 491 g/mol. The van der Waals surface area contributed by atoms with Crippen LogP contribution in [0.2, 0.25) is 0 Å². The summed E-state index contributed by atoms with van der Waals surface area (Å²) in [5.74, 6) is 0.465. The normalized spacial score (nSPS) is 56.0. The first-order chi connectivity index (χ1) is 16.6. The molecule has 1 aliphatic heterocycles. The lowest BCUT2D eigenvalue weighted by molar-refractivity contribution is -0.229. The Balaban J connectivity index is 1.47. The molecule has 0 unspecified atom stereocenters. The third kappa shape index (κ3) is 2.46. The molecule has 0 aromatic heterocycles. The molecule has 1 saturated heterocycles. The van der Waals surface area contributed by atoms with Gasteiger partial charge in [0.2, 0.25) is 0 Å². The average Bonchev–Trinajstić information content (AvgIpc) is 3.56. The number of nitrogens with zero attached hydrogens (tertiary/aromatic N) is 2. The van der Waals surface area contributed by atoms with Gasteiger partial charge in [-0.2, -0.15) is 5.26 Å². The van der Waals surface area contributed by atoms with Crippen LogP contribution in [0.3, 0.4) is 0 Å². The molecule has 0 aromatic carbocycles. The lowest BCUT2D eigenvalue weighted by Crippen LogP contribution is -2.70. The molecule has 0 radical (unpaired) electrons. The van der Waals surface area contributed by atoms with Gasteiger partial charge in [-0.25, -0.2) is 6.57 Å². The Morgan fingerprint density at radius 2 is 1.61 bits per heavy atom. The van der Waals surface area contributed by atoms with Gasteiger partial charge in [0, 0.05) is 23.2 Å². The monoisotopic (exact) mass is 490 g/mol. The fraction of sp³-hybridized carbons (Fsp3) is 0.871. The summed E-state index contributed by atoms with van der Waals surface area (Å²) in [6, 6.07) is 2.76. The predicted molar refractivity (Wildman–Crippen MR) is 135 cm³/mol. The van der Waals surface area contributed by atoms with Crippen LogP contribution >= 0.6 is 0 Å². The largest absolute Gasteiger partial charge is 0.424 e. The van der Waals surface area contributed by atoms with Crippen LogP contribution in [0, 0.1) is 74.1 Å². The first-order valence-corrected chi connectivity index (χ1v) is 14.1. The number of ether oxygens (including phenoxy) is 1. The van der Waals surface area contributed by atoms with E-state index in [9.17, 15) is 14.9 Å². The van der Waals surface area contributed by atoms with E-state index in [0.717, 1.165) is 44.9 Å². The van der Waals surface area contributed by atoms with Crippen molar-refractivity contribution in [2.24, 2.45) is 56.2 Å². The molecule has 5 saturated carbocycles. The molecule has 6 aliphatic rings. The highest BCUT2D eigenvalue weighted by molar-refractivity contribution is 5.98. The maximum absolute atomic E-state index is 14.4. The Labute approximate surface area is 216 Å². The van der Waals surface area contributed by atoms with E-state index in [-0.39, 0.29) is 51.1 Å². The van der Waals surface area contributed by atoms with Crippen molar-refractivity contribution in [2.45, 2.75) is 112 Å². The van der Waals surface area contributed by atoms with Crippen LogP contribution in [-0.2, 0) is 14.3 Å². The van der Waals surface area contributed by atoms with E-state index in [4.69, 9.17) is 11.3 Å². The van der Waals surface area contributed by atoms with Crippen LogP contribution < -0.4 is 0 Å². The summed E-state index contributed by atoms with van der Waals surface area (Å²) in [5.41, 5.74) is -2.92. The van der Waals surface area contributed by atoms with Crippen molar-refractivity contribution in [2.75, 3.05) is 0 Å². The van der Waals surface area contributed by atoms with Gasteiger partial charge in [-0.3, -0.25) is 19.2 Å². The Hall–Kier alpha value is -1.72. The van der Waals surface area contributed by atoms with Gasteiger partial charge in [0.15, 0.2) is 6.10 Å². The number of carbonyl (C=O) groups excluding carboxylic acids is 2. The molecular weight excluding hydrogens is 448 g/mol. The van der Waals surface area contributed by atoms with Crippen molar-refractivity contribution in [1.29, 1.82) is 5.26 Å². The van der Waals surface area contributed by atoms with Crippen molar-refractivity contribution >= 4 is 11.6 Å². The van der Waals surface area contributed by atoms with Crippen LogP contribution in [0.25, 0.3) is 4.85 Å². The molecule has 0 spiro atoms. The number of hydrogen-bond donors (Lipinski definition) is 0. The van der Waals surface area contributed by atoms with Crippen LogP contribution in [0.5, 0.6) is 0 Å². The quantitative estimate of drug-likeness (QED) is 0.292. The third-order valence-electron chi connectivity index (χ3n) is 13.5. The molecule has 1 heterocycles. The van der Waals surface area contributed by atoms with Gasteiger partial charge in [-0.15, -0.1) is 0 Å². The molecule has 194 valence electrons. The number of fused-ring (bicyclic) bond motifs is 9. The maximum atomic E-state index is 14.4. The number of carbonyl (C=O) groups is 2. The highest BCUT2D eigenvalue weighted by Gasteiger charge is 2.88. The minimum atomic E-state index is -1.36. The molecule has 5 aliphatic carbocycles. The Morgan fingerprint density at radius 3 is 2.25 bits per heavy atom. The van der Waals surface area contributed by atoms with Crippen LogP contribution in [0.1, 0.15) is 99.8 Å². The van der Waals surface area contributed by atoms with Crippen molar-refractivity contribution in [3.63, 3.8) is 0 Å². The molecular formula is C31H42N2O3. The zero-order valence-electron chi connectivity index (χ0n) is 23.2. The lowest BCUT2D eigenvalue weighted by atomic mass is 9.31. The number of Topliss-reactive ketones (excluding diaryl/α,β-unsaturated/α-hetero) is 2. The minimum Gasteiger partial charge on any atom is -0.299 e. The predicted octanol–water partition coefficient (Wildman–Crippen LogP) is 6.37. The zero-order chi connectivity index (χ0) is 26.3. The van der Waals surface area contributed by atoms with Crippen molar-refractivity contribution in [3.05, 3.63) is 11.4 Å². The summed E-state index contributed by atoms with van der Waals surface area (Å²) < 4.78 is 6.12. The summed E-state index contributed by atoms with van der Waals surface area (Å²) >= 11 is 0. The molecule has 0 bridgehead atoms. The van der Waals surface area contributed by atoms with Crippen LogP contribution in [0.4, 0.5) is 0 Å². The van der Waals surface area contributed by atoms with E-state index < -0.39 is 22.7 Å². The molecule has 10 atom stereocenters. The van der Waals surface area contributed by atoms with Crippen LogP contribution in [0.15, 0.2) is 0 Å². The molecule has 0 N–H and O–H groups in total. The molecule has 6 rings (SSSR count). The van der Waals surface area contributed by atoms with E-state index in [1.807, 2.05) is 13.8 Å². The van der Waals surface area contributed by atoms with Crippen molar-refractivity contribution < 1.29 is 14.3 Å². The second-order valence-corrected chi connectivity index (χ2v) is 15.6. The molecule has 5 nitrogen and oxygen atoms in total. The Morgan fingerprint density at radius 1 is 0.944 bits per heavy atom. The number of ketones is 2. The second-order valence-electron chi connectivity index (χ2n) is 15.6. The summed E-state index contributed by atoms with van der Waals surface area (Å²) in [5, 5.41) is 10.4. The number of rotatable bonds is 0. The summed E-state index contributed by atoms with van der Waals surface area (Å²) in [4.78, 5) is 31.7. The van der Waals surface area contributed by atoms with Gasteiger partial charge in [0.25, 0.3) is 5.78 Å². The van der Waals surface area contributed by atoms with Gasteiger partial charge < -0.3 is 0 Å². The van der Waals surface area contributed by atoms with Gasteiger partial charge in [-0.05, 0) is 78.9 Å². The van der Waals surface area contributed by atoms with Gasteiger partial charge in [-0.1, -0.05) is 48.5 Å². The van der Waals surface area contributed by atoms with Gasteiger partial charge >= 0.3 is 5.72 Å². The first-order valence-electron chi connectivity index (χ1n) is 14.1. The van der Waals surface area contributed by atoms with Crippen molar-refractivity contribution in [1.82, 2.24) is 0 Å². The molecule has 6 fully saturated rings. The topological polar surface area (TPSA) is 74.8 Å². The number of hydrogen-bond acceptors (Lipinski definition) is 4. The van der Waals surface area contributed by atoms with E-state index in [1.54, 1.807) is 0 Å². The van der Waals surface area contributed by atoms with Gasteiger partial charge in [0.1, 0.15) is 5.78 Å². The lowest BCUT2D eigenvalue weighted by Gasteiger charge is -2.71. The van der Waals surface area contributed by atoms with E-state index in [2.05, 4.69) is 45.5 Å². The highest BCUT2D eigenvalue weighted by Crippen LogP contribution is 2.79. The minimum absolute atomic E-state index is 0.0618. The SMILES string of the molecule is [C-]#[N+][C@@]12O[C@@H]1[C@]1(C)[C@H]3CC(=O)[C@@H]4[C@@H]5CC(C)(C)CC[C@]5(C#N)CC[C@@]4(C)[C@]3(C)CC[C@H]1C(C)(C)C2=O. The smallest absolute Gasteiger partial charge is 0.299 e. The van der Waals surface area contributed by atoms with Crippen LogP contribution in [-0.4, -0.2) is 23.4 Å². The molecule has 0 amide bonds. The van der Waals surface area contributed by atoms with E-state index >= 15 is 0 Å². The number of nitriles is 1. The Bertz CT molecular complexity index is 1160. The highest BCUT2D eigenvalue weighted by atomic mass is 16.6. The van der Waals surface area contributed by atoms with E-state index in [1.165, 1.54) is 0 Å². The molecule has 0 aromatic rings. The summed E-state index contributed by atoms with van der Waals surface area (Å²) in [6.45, 7) is 23.6. The van der Waals surface area contributed by atoms with E-state index in [0.29, 0.717) is 12.2 Å². The summed E-state index contributed by atoms with van der Waals surface area (Å²) in [7, 11) is 0. The second kappa shape index (κ2) is 6.64. The number of epoxide rings is 1. The molecule has 36 heavy (non-hydrogen) atoms. The molecule has 5 heteroatoms. The van der Waals surface area contributed by atoms with Crippen molar-refractivity contribution in [3.8, 4) is 6.07 Å².